The van der Waals surface area contributed by atoms with Gasteiger partial charge in [0.05, 0.1) is 5.88 Å². The van der Waals surface area contributed by atoms with E-state index >= 15 is 0 Å². The SMILES string of the molecule is Cc1cc(C(=O)CCl)c(C)n1CCCCCC(=O)O. The standard InChI is InChI=1S/C14H20ClNO3/c1-10-8-12(13(17)9-15)11(2)16(10)7-5-3-4-6-14(18)19/h8H,3-7,9H2,1-2H3,(H,18,19). The molecule has 0 radical (unpaired) electrons. The van der Waals surface area contributed by atoms with Gasteiger partial charge in [-0.05, 0) is 32.8 Å². The molecule has 0 atom stereocenters. The normalized spacial score (nSPS) is 10.7. The molecule has 0 unspecified atom stereocenters. The Hall–Kier alpha value is -1.29. The van der Waals surface area contributed by atoms with Gasteiger partial charge in [0.2, 0.25) is 0 Å². The van der Waals surface area contributed by atoms with E-state index in [9.17, 15) is 9.59 Å². The highest BCUT2D eigenvalue weighted by molar-refractivity contribution is 6.30. The second-order valence-electron chi connectivity index (χ2n) is 4.70. The molecule has 0 saturated heterocycles. The van der Waals surface area contributed by atoms with Gasteiger partial charge in [0.25, 0.3) is 0 Å². The van der Waals surface area contributed by atoms with Crippen molar-refractivity contribution in [3.63, 3.8) is 0 Å². The van der Waals surface area contributed by atoms with E-state index in [2.05, 4.69) is 4.57 Å². The summed E-state index contributed by atoms with van der Waals surface area (Å²) in [5.74, 6) is -0.793. The number of aliphatic carboxylic acids is 1. The van der Waals surface area contributed by atoms with Crippen LogP contribution < -0.4 is 0 Å². The number of carboxylic acid groups (broad SMARTS) is 1. The van der Waals surface area contributed by atoms with Crippen LogP contribution in [-0.2, 0) is 11.3 Å². The number of carbonyl (C=O) groups is 2. The summed E-state index contributed by atoms with van der Waals surface area (Å²) in [6, 6.07) is 1.87. The Morgan fingerprint density at radius 3 is 2.53 bits per heavy atom. The highest BCUT2D eigenvalue weighted by Gasteiger charge is 2.14. The van der Waals surface area contributed by atoms with Crippen LogP contribution in [0.15, 0.2) is 6.07 Å². The number of unbranched alkanes of at least 4 members (excludes halogenated alkanes) is 2. The maximum absolute atomic E-state index is 11.6. The number of aromatic nitrogens is 1. The Morgan fingerprint density at radius 1 is 1.26 bits per heavy atom. The average molecular weight is 286 g/mol. The minimum atomic E-state index is -0.747. The summed E-state index contributed by atoms with van der Waals surface area (Å²) >= 11 is 5.58. The van der Waals surface area contributed by atoms with Crippen LogP contribution in [0.4, 0.5) is 0 Å². The largest absolute Gasteiger partial charge is 0.481 e. The molecule has 0 aromatic carbocycles. The van der Waals surface area contributed by atoms with Crippen LogP contribution in [0.5, 0.6) is 0 Å². The van der Waals surface area contributed by atoms with Gasteiger partial charge in [0.15, 0.2) is 5.78 Å². The molecule has 4 nitrogen and oxygen atoms in total. The van der Waals surface area contributed by atoms with E-state index in [1.807, 2.05) is 19.9 Å². The molecule has 0 spiro atoms. The number of carbonyl (C=O) groups excluding carboxylic acids is 1. The fraction of sp³-hybridized carbons (Fsp3) is 0.571. The van der Waals surface area contributed by atoms with Crippen molar-refractivity contribution in [2.75, 3.05) is 5.88 Å². The van der Waals surface area contributed by atoms with Crippen LogP contribution in [-0.4, -0.2) is 27.3 Å². The summed E-state index contributed by atoms with van der Waals surface area (Å²) < 4.78 is 2.10. The Kier molecular flexibility index (Phi) is 6.09. The molecule has 19 heavy (non-hydrogen) atoms. The minimum Gasteiger partial charge on any atom is -0.481 e. The number of ketones is 1. The number of alkyl halides is 1. The molecular weight excluding hydrogens is 266 g/mol. The van der Waals surface area contributed by atoms with E-state index < -0.39 is 5.97 Å². The molecule has 1 aromatic heterocycles. The van der Waals surface area contributed by atoms with Gasteiger partial charge in [-0.15, -0.1) is 11.6 Å². The molecular formula is C14H20ClNO3. The minimum absolute atomic E-state index is 0.00288. The molecule has 1 heterocycles. The van der Waals surface area contributed by atoms with Crippen molar-refractivity contribution in [2.24, 2.45) is 0 Å². The molecule has 0 aliphatic heterocycles. The summed E-state index contributed by atoms with van der Waals surface area (Å²) in [7, 11) is 0. The average Bonchev–Trinajstić information content (AvgIpc) is 2.64. The number of hydrogen-bond acceptors (Lipinski definition) is 2. The van der Waals surface area contributed by atoms with E-state index in [1.165, 1.54) is 0 Å². The highest BCUT2D eigenvalue weighted by Crippen LogP contribution is 2.17. The van der Waals surface area contributed by atoms with E-state index in [1.54, 1.807) is 0 Å². The quantitative estimate of drug-likeness (QED) is 0.453. The third kappa shape index (κ3) is 4.39. The molecule has 0 amide bonds. The van der Waals surface area contributed by atoms with Crippen LogP contribution in [0.2, 0.25) is 0 Å². The van der Waals surface area contributed by atoms with Crippen molar-refractivity contribution in [3.05, 3.63) is 23.0 Å². The summed E-state index contributed by atoms with van der Waals surface area (Å²) in [4.78, 5) is 22.0. The summed E-state index contributed by atoms with van der Waals surface area (Å²) in [5, 5.41) is 8.55. The van der Waals surface area contributed by atoms with E-state index in [-0.39, 0.29) is 18.1 Å². The van der Waals surface area contributed by atoms with Crippen molar-refractivity contribution in [2.45, 2.75) is 46.1 Å². The third-order valence-corrected chi connectivity index (χ3v) is 3.51. The van der Waals surface area contributed by atoms with Crippen LogP contribution >= 0.6 is 11.6 Å². The zero-order valence-corrected chi connectivity index (χ0v) is 12.2. The fourth-order valence-corrected chi connectivity index (χ4v) is 2.37. The van der Waals surface area contributed by atoms with Crippen molar-refractivity contribution < 1.29 is 14.7 Å². The molecule has 0 bridgehead atoms. The van der Waals surface area contributed by atoms with Gasteiger partial charge in [0, 0.05) is 29.9 Å². The van der Waals surface area contributed by atoms with Crippen LogP contribution in [0, 0.1) is 13.8 Å². The van der Waals surface area contributed by atoms with Crippen molar-refractivity contribution in [1.29, 1.82) is 0 Å². The number of hydrogen-bond donors (Lipinski definition) is 1. The molecule has 0 aliphatic rings. The summed E-state index contributed by atoms with van der Waals surface area (Å²) in [6.45, 7) is 4.70. The first-order chi connectivity index (χ1) is 8.97. The Labute approximate surface area is 118 Å². The van der Waals surface area contributed by atoms with Crippen LogP contribution in [0.25, 0.3) is 0 Å². The van der Waals surface area contributed by atoms with Gasteiger partial charge < -0.3 is 9.67 Å². The molecule has 1 N–H and O–H groups in total. The molecule has 1 rings (SSSR count). The van der Waals surface area contributed by atoms with Gasteiger partial charge in [-0.1, -0.05) is 6.42 Å². The third-order valence-electron chi connectivity index (χ3n) is 3.27. The van der Waals surface area contributed by atoms with Crippen molar-refractivity contribution in [3.8, 4) is 0 Å². The molecule has 106 valence electrons. The smallest absolute Gasteiger partial charge is 0.303 e. The molecule has 1 aromatic rings. The number of Topliss-reactive ketones (excluding diaryl/α,β-unsaturated/α-hetero) is 1. The number of aryl methyl sites for hydroxylation is 1. The summed E-state index contributed by atoms with van der Waals surface area (Å²) in [5.41, 5.74) is 2.68. The first-order valence-corrected chi connectivity index (χ1v) is 6.98. The molecule has 0 aliphatic carbocycles. The lowest BCUT2D eigenvalue weighted by molar-refractivity contribution is -0.137. The highest BCUT2D eigenvalue weighted by atomic mass is 35.5. The van der Waals surface area contributed by atoms with Gasteiger partial charge >= 0.3 is 5.97 Å². The number of nitrogens with zero attached hydrogens (tertiary/aromatic N) is 1. The maximum atomic E-state index is 11.6. The second-order valence-corrected chi connectivity index (χ2v) is 4.96. The zero-order valence-electron chi connectivity index (χ0n) is 11.4. The first kappa shape index (κ1) is 15.8. The van der Waals surface area contributed by atoms with Crippen molar-refractivity contribution in [1.82, 2.24) is 4.57 Å². The van der Waals surface area contributed by atoms with E-state index in [4.69, 9.17) is 16.7 Å². The molecule has 5 heteroatoms. The Morgan fingerprint density at radius 2 is 1.95 bits per heavy atom. The van der Waals surface area contributed by atoms with Crippen molar-refractivity contribution >= 4 is 23.4 Å². The predicted octanol–water partition coefficient (Wildman–Crippen LogP) is 3.17. The lowest BCUT2D eigenvalue weighted by Crippen LogP contribution is -2.06. The fourth-order valence-electron chi connectivity index (χ4n) is 2.22. The van der Waals surface area contributed by atoms with Gasteiger partial charge in [-0.25, -0.2) is 0 Å². The van der Waals surface area contributed by atoms with Gasteiger partial charge in [-0.3, -0.25) is 9.59 Å². The maximum Gasteiger partial charge on any atom is 0.303 e. The lowest BCUT2D eigenvalue weighted by atomic mass is 10.2. The van der Waals surface area contributed by atoms with E-state index in [0.29, 0.717) is 12.0 Å². The molecule has 0 fully saturated rings. The Bertz CT molecular complexity index is 466. The van der Waals surface area contributed by atoms with Gasteiger partial charge in [0.1, 0.15) is 0 Å². The zero-order chi connectivity index (χ0) is 14.4. The van der Waals surface area contributed by atoms with Crippen LogP contribution in [0.1, 0.15) is 47.4 Å². The number of halogens is 1. The Balaban J connectivity index is 2.57. The van der Waals surface area contributed by atoms with Gasteiger partial charge in [-0.2, -0.15) is 0 Å². The predicted molar refractivity (Wildman–Crippen MR) is 75.1 cm³/mol. The summed E-state index contributed by atoms with van der Waals surface area (Å²) in [6.07, 6.45) is 2.71. The second kappa shape index (κ2) is 7.34. The van der Waals surface area contributed by atoms with Crippen LogP contribution in [0.3, 0.4) is 0 Å². The lowest BCUT2D eigenvalue weighted by Gasteiger charge is -2.09. The number of rotatable bonds is 8. The molecule has 0 saturated carbocycles. The topological polar surface area (TPSA) is 59.3 Å². The first-order valence-electron chi connectivity index (χ1n) is 6.45. The number of carboxylic acids is 1. The van der Waals surface area contributed by atoms with E-state index in [0.717, 1.165) is 30.8 Å². The monoisotopic (exact) mass is 285 g/mol.